The fourth-order valence-corrected chi connectivity index (χ4v) is 3.81. The molecule has 26 heavy (non-hydrogen) atoms. The van der Waals surface area contributed by atoms with Crippen LogP contribution >= 0.6 is 23.2 Å². The number of nitrogens with one attached hydrogen (secondary N) is 2. The summed E-state index contributed by atoms with van der Waals surface area (Å²) < 4.78 is 0. The second-order valence-electron chi connectivity index (χ2n) is 6.16. The van der Waals surface area contributed by atoms with Gasteiger partial charge in [-0.3, -0.25) is 14.9 Å². The van der Waals surface area contributed by atoms with Crippen LogP contribution in [0.15, 0.2) is 30.5 Å². The molecule has 132 valence electrons. The van der Waals surface area contributed by atoms with E-state index in [2.05, 4.69) is 15.6 Å². The average Bonchev–Trinajstić information content (AvgIpc) is 2.99. The van der Waals surface area contributed by atoms with E-state index in [9.17, 15) is 14.4 Å². The number of anilines is 1. The lowest BCUT2D eigenvalue weighted by atomic mass is 9.90. The van der Waals surface area contributed by atoms with Crippen LogP contribution in [0.4, 0.5) is 10.5 Å². The smallest absolute Gasteiger partial charge is 0.312 e. The van der Waals surface area contributed by atoms with Crippen molar-refractivity contribution in [3.63, 3.8) is 0 Å². The number of rotatable bonds is 2. The van der Waals surface area contributed by atoms with Crippen LogP contribution in [0.5, 0.6) is 0 Å². The summed E-state index contributed by atoms with van der Waals surface area (Å²) in [6.45, 7) is 1.96. The van der Waals surface area contributed by atoms with Crippen molar-refractivity contribution in [2.24, 2.45) is 0 Å². The predicted molar refractivity (Wildman–Crippen MR) is 95.0 cm³/mol. The third-order valence-electron chi connectivity index (χ3n) is 4.50. The van der Waals surface area contributed by atoms with Gasteiger partial charge in [-0.05, 0) is 36.2 Å². The molecular weight excluding hydrogens is 379 g/mol. The van der Waals surface area contributed by atoms with Gasteiger partial charge in [0.1, 0.15) is 5.15 Å². The Morgan fingerprint density at radius 2 is 1.96 bits per heavy atom. The van der Waals surface area contributed by atoms with E-state index in [-0.39, 0.29) is 6.54 Å². The Hall–Kier alpha value is -2.64. The van der Waals surface area contributed by atoms with Gasteiger partial charge >= 0.3 is 6.03 Å². The van der Waals surface area contributed by atoms with Crippen LogP contribution in [0.2, 0.25) is 10.2 Å². The Morgan fingerprint density at radius 1 is 1.19 bits per heavy atom. The van der Waals surface area contributed by atoms with Crippen LogP contribution in [0.25, 0.3) is 0 Å². The van der Waals surface area contributed by atoms with Gasteiger partial charge in [0.25, 0.3) is 11.8 Å². The van der Waals surface area contributed by atoms with Gasteiger partial charge in [0, 0.05) is 16.8 Å². The lowest BCUT2D eigenvalue weighted by molar-refractivity contribution is -0.134. The first-order chi connectivity index (χ1) is 12.3. The molecule has 9 heteroatoms. The van der Waals surface area contributed by atoms with Gasteiger partial charge in [-0.15, -0.1) is 0 Å². The van der Waals surface area contributed by atoms with Gasteiger partial charge < -0.3 is 10.2 Å². The van der Waals surface area contributed by atoms with Crippen LogP contribution in [-0.2, 0) is 21.7 Å². The summed E-state index contributed by atoms with van der Waals surface area (Å²) in [6.07, 6.45) is 1.55. The number of benzene rings is 1. The Kier molecular flexibility index (Phi) is 3.68. The molecule has 7 nitrogen and oxygen atoms in total. The lowest BCUT2D eigenvalue weighted by Gasteiger charge is -2.21. The minimum Gasteiger partial charge on any atom is -0.312 e. The van der Waals surface area contributed by atoms with E-state index in [4.69, 9.17) is 23.2 Å². The first kappa shape index (κ1) is 16.8. The van der Waals surface area contributed by atoms with Crippen LogP contribution in [0, 0.1) is 6.92 Å². The maximum Gasteiger partial charge on any atom is 0.323 e. The lowest BCUT2D eigenvalue weighted by Crippen LogP contribution is -2.52. The van der Waals surface area contributed by atoms with Crippen molar-refractivity contribution < 1.29 is 14.4 Å². The fraction of sp³-hybridized carbons (Fsp3) is 0.176. The van der Waals surface area contributed by atoms with Crippen molar-refractivity contribution in [3.05, 3.63) is 57.3 Å². The quantitative estimate of drug-likeness (QED) is 0.467. The Bertz CT molecular complexity index is 977. The van der Waals surface area contributed by atoms with Gasteiger partial charge in [0.2, 0.25) is 5.54 Å². The van der Waals surface area contributed by atoms with Crippen LogP contribution < -0.4 is 15.5 Å². The Balaban J connectivity index is 1.87. The number of amides is 4. The minimum absolute atomic E-state index is 0.170. The molecule has 0 radical (unpaired) electrons. The molecule has 2 N–H and O–H groups in total. The zero-order valence-electron chi connectivity index (χ0n) is 13.5. The molecular formula is C17H12Cl2N4O3. The van der Waals surface area contributed by atoms with Crippen molar-refractivity contribution in [2.75, 3.05) is 4.90 Å². The SMILES string of the molecule is Cc1cc(Cl)cc2c1N(Cc1ccc(Cl)nc1)C(=O)C21NC(=O)NC1=O. The van der Waals surface area contributed by atoms with Gasteiger partial charge in [-0.2, -0.15) is 0 Å². The molecule has 1 aromatic carbocycles. The molecule has 1 spiro atoms. The van der Waals surface area contributed by atoms with Gasteiger partial charge in [0.05, 0.1) is 12.2 Å². The summed E-state index contributed by atoms with van der Waals surface area (Å²) in [7, 11) is 0. The molecule has 2 aromatic rings. The summed E-state index contributed by atoms with van der Waals surface area (Å²) in [5, 5.41) is 5.33. The highest BCUT2D eigenvalue weighted by Gasteiger charge is 2.61. The summed E-state index contributed by atoms with van der Waals surface area (Å²) in [5.41, 5.74) is 0.546. The predicted octanol–water partition coefficient (Wildman–Crippen LogP) is 2.28. The van der Waals surface area contributed by atoms with Gasteiger partial charge in [-0.25, -0.2) is 9.78 Å². The molecule has 1 aromatic heterocycles. The molecule has 1 saturated heterocycles. The molecule has 1 unspecified atom stereocenters. The maximum atomic E-state index is 13.2. The van der Waals surface area contributed by atoms with E-state index >= 15 is 0 Å². The molecule has 0 bridgehead atoms. The third-order valence-corrected chi connectivity index (χ3v) is 4.94. The van der Waals surface area contributed by atoms with E-state index in [1.54, 1.807) is 31.3 Å². The van der Waals surface area contributed by atoms with E-state index in [1.165, 1.54) is 11.0 Å². The van der Waals surface area contributed by atoms with E-state index in [0.29, 0.717) is 27.0 Å². The van der Waals surface area contributed by atoms with Crippen molar-refractivity contribution >= 4 is 46.7 Å². The molecule has 1 atom stereocenters. The summed E-state index contributed by atoms with van der Waals surface area (Å²) >= 11 is 12.0. The largest absolute Gasteiger partial charge is 0.323 e. The van der Waals surface area contributed by atoms with E-state index < -0.39 is 23.4 Å². The highest BCUT2D eigenvalue weighted by atomic mass is 35.5. The molecule has 3 heterocycles. The highest BCUT2D eigenvalue weighted by molar-refractivity contribution is 6.32. The summed E-state index contributed by atoms with van der Waals surface area (Å²) in [5.74, 6) is -1.26. The molecule has 4 rings (SSSR count). The molecule has 2 aliphatic heterocycles. The number of fused-ring (bicyclic) bond motifs is 2. The Morgan fingerprint density at radius 3 is 2.58 bits per heavy atom. The topological polar surface area (TPSA) is 91.4 Å². The number of hydrogen-bond acceptors (Lipinski definition) is 4. The summed E-state index contributed by atoms with van der Waals surface area (Å²) in [4.78, 5) is 43.0. The minimum atomic E-state index is -1.80. The van der Waals surface area contributed by atoms with Gasteiger partial charge in [-0.1, -0.05) is 29.3 Å². The van der Waals surface area contributed by atoms with Crippen LogP contribution in [-0.4, -0.2) is 22.8 Å². The Labute approximate surface area is 158 Å². The van der Waals surface area contributed by atoms with Crippen molar-refractivity contribution in [1.82, 2.24) is 15.6 Å². The monoisotopic (exact) mass is 390 g/mol. The molecule has 1 fully saturated rings. The van der Waals surface area contributed by atoms with Crippen molar-refractivity contribution in [1.29, 1.82) is 0 Å². The number of aryl methyl sites for hydroxylation is 1. The number of hydrogen-bond donors (Lipinski definition) is 2. The highest BCUT2D eigenvalue weighted by Crippen LogP contribution is 2.45. The van der Waals surface area contributed by atoms with Crippen molar-refractivity contribution in [2.45, 2.75) is 19.0 Å². The summed E-state index contributed by atoms with van der Waals surface area (Å²) in [6, 6.07) is 5.88. The number of carbonyl (C=O) groups is 3. The first-order valence-corrected chi connectivity index (χ1v) is 8.45. The first-order valence-electron chi connectivity index (χ1n) is 7.69. The number of urea groups is 1. The normalized spacial score (nSPS) is 21.2. The van der Waals surface area contributed by atoms with E-state index in [1.807, 2.05) is 0 Å². The van der Waals surface area contributed by atoms with Gasteiger partial charge in [0.15, 0.2) is 0 Å². The third kappa shape index (κ3) is 2.28. The molecule has 0 saturated carbocycles. The molecule has 4 amide bonds. The number of pyridine rings is 1. The second kappa shape index (κ2) is 5.69. The second-order valence-corrected chi connectivity index (χ2v) is 6.98. The zero-order chi connectivity index (χ0) is 18.6. The number of carbonyl (C=O) groups excluding carboxylic acids is 3. The number of aromatic nitrogens is 1. The number of imide groups is 1. The molecule has 0 aliphatic carbocycles. The molecule has 2 aliphatic rings. The standard InChI is InChI=1S/C17H12Cl2N4O3/c1-8-4-10(18)5-11-13(8)23(7-9-2-3-12(19)20-6-9)15(25)17(11)14(24)21-16(26)22-17/h2-6H,7H2,1H3,(H2,21,22,24,26). The number of halogens is 2. The maximum absolute atomic E-state index is 13.2. The van der Waals surface area contributed by atoms with Crippen LogP contribution in [0.1, 0.15) is 16.7 Å². The number of nitrogens with zero attached hydrogens (tertiary/aromatic N) is 2. The zero-order valence-corrected chi connectivity index (χ0v) is 15.0. The average molecular weight is 391 g/mol. The van der Waals surface area contributed by atoms with Crippen LogP contribution in [0.3, 0.4) is 0 Å². The van der Waals surface area contributed by atoms with E-state index in [0.717, 1.165) is 5.56 Å². The fourth-order valence-electron chi connectivity index (χ4n) is 3.43. The van der Waals surface area contributed by atoms with Crippen molar-refractivity contribution in [3.8, 4) is 0 Å².